The average Bonchev–Trinajstić information content (AvgIpc) is 1.51. The molecule has 0 aliphatic heterocycles. The van der Waals surface area contributed by atoms with Crippen LogP contribution in [-0.2, 0) is 22.7 Å². The summed E-state index contributed by atoms with van der Waals surface area (Å²) in [6.45, 7) is 26.4. The van der Waals surface area contributed by atoms with Gasteiger partial charge in [-0.1, -0.05) is 367 Å². The molecule has 5 aliphatic carbocycles. The maximum atomic E-state index is 2.41. The van der Waals surface area contributed by atoms with Crippen molar-refractivity contribution in [2.24, 2.45) is 0 Å². The lowest BCUT2D eigenvalue weighted by atomic mass is 9.67. The van der Waals surface area contributed by atoms with Crippen molar-refractivity contribution in [1.82, 2.24) is 0 Å². The molecule has 19 rings (SSSR count). The van der Waals surface area contributed by atoms with Gasteiger partial charge in [0.25, 0.3) is 0 Å². The van der Waals surface area contributed by atoms with Crippen molar-refractivity contribution in [1.29, 1.82) is 0 Å². The number of benzene rings is 14. The van der Waals surface area contributed by atoms with Gasteiger partial charge in [-0.25, -0.2) is 0 Å². The molecule has 14 aromatic rings. The molecular formula is C100H88. The first-order valence-electron chi connectivity index (χ1n) is 35.7. The van der Waals surface area contributed by atoms with Gasteiger partial charge >= 0.3 is 0 Å². The van der Waals surface area contributed by atoms with Gasteiger partial charge in [0.15, 0.2) is 0 Å². The Morgan fingerprint density at radius 2 is 0.470 bits per heavy atom. The Bertz CT molecular complexity index is 5060. The first-order chi connectivity index (χ1) is 48.4. The van der Waals surface area contributed by atoms with E-state index in [1.165, 1.54) is 189 Å². The van der Waals surface area contributed by atoms with E-state index >= 15 is 0 Å². The minimum Gasteiger partial charge on any atom is -0.0622 e. The standard InChI is InChI=1S/C27H20.C27H22.C17H18.C15H14.C14H14/c1-17-11-13-21-22-14-12-18(2)16-26(22)27(25(21)15-17)23-9-5-3-7-19(23)20-8-4-6-10-24(20)27;1-19-13-15-23-24-16-14-20(2)18-26(24)27(25(23)17-19,21-9-5-3-6-10-21)22-11-7-4-8-12-22;1-11-5-7-13-14-8-6-12(2)10-16(14)17(3,4)15(13)9-11;1-10-3-5-14-12(7-10)9-13-8-11(2)4-6-15(13)14;1-11-7-9-13(10-8-11)14-6-4-3-5-12(14)2/h3-16H,1-2H3;3-18H,1-2H3;5-10H,1-4H3;3-8H,9H2,1-2H3;3-10H,1-2H3. The molecule has 0 heteroatoms. The quantitative estimate of drug-likeness (QED) is 0.165. The lowest BCUT2D eigenvalue weighted by molar-refractivity contribution is 0.659. The van der Waals surface area contributed by atoms with Crippen LogP contribution in [0.15, 0.2) is 303 Å². The lowest BCUT2D eigenvalue weighted by Gasteiger charge is -2.34. The summed E-state index contributed by atoms with van der Waals surface area (Å²) in [5.41, 5.74) is 46.5. The molecule has 488 valence electrons. The molecule has 0 aromatic heterocycles. The number of hydrogen-bond donors (Lipinski definition) is 0. The highest BCUT2D eigenvalue weighted by atomic mass is 14.5. The second-order valence-electron chi connectivity index (χ2n) is 29.4. The second-order valence-corrected chi connectivity index (χ2v) is 29.4. The fraction of sp³-hybridized carbons (Fsp3) is 0.160. The van der Waals surface area contributed by atoms with Gasteiger partial charge in [0.1, 0.15) is 0 Å². The first-order valence-corrected chi connectivity index (χ1v) is 35.7. The Labute approximate surface area is 594 Å². The van der Waals surface area contributed by atoms with Crippen LogP contribution in [-0.4, -0.2) is 0 Å². The Hall–Kier alpha value is -10.9. The zero-order valence-corrected chi connectivity index (χ0v) is 60.1. The molecule has 0 heterocycles. The SMILES string of the molecule is Cc1ccc(-c2ccccc2C)cc1.Cc1ccc2c(c1)C(C)(C)c1cc(C)ccc1-2.Cc1ccc2c(c1)C(c1ccccc1)(c1ccccc1)c1cc(C)ccc1-2.Cc1ccc2c(c1)C1(c3ccccc3-c3ccccc31)c1cc(C)ccc1-2.Cc1ccc2c(c1)Cc1cc(C)ccc1-2. The third kappa shape index (κ3) is 11.2. The Morgan fingerprint density at radius 1 is 0.200 bits per heavy atom. The van der Waals surface area contributed by atoms with Gasteiger partial charge in [-0.15, -0.1) is 0 Å². The van der Waals surface area contributed by atoms with Gasteiger partial charge < -0.3 is 0 Å². The smallest absolute Gasteiger partial charge is 0.0622 e. The van der Waals surface area contributed by atoms with Crippen molar-refractivity contribution in [3.8, 4) is 66.8 Å². The predicted molar refractivity (Wildman–Crippen MR) is 424 cm³/mol. The minimum absolute atomic E-state index is 0.142. The number of aryl methyl sites for hydroxylation is 10. The molecule has 0 bridgehead atoms. The highest BCUT2D eigenvalue weighted by Crippen LogP contribution is 2.63. The second kappa shape index (κ2) is 26.1. The Kier molecular flexibility index (Phi) is 17.0. The van der Waals surface area contributed by atoms with Gasteiger partial charge in [-0.2, -0.15) is 0 Å². The summed E-state index contributed by atoms with van der Waals surface area (Å²) in [5, 5.41) is 0. The molecule has 0 saturated heterocycles. The molecule has 5 aliphatic rings. The number of fused-ring (bicyclic) bond motifs is 19. The van der Waals surface area contributed by atoms with Crippen molar-refractivity contribution < 1.29 is 0 Å². The van der Waals surface area contributed by atoms with Crippen LogP contribution in [0.4, 0.5) is 0 Å². The van der Waals surface area contributed by atoms with E-state index in [2.05, 4.69) is 386 Å². The molecule has 100 heavy (non-hydrogen) atoms. The lowest BCUT2D eigenvalue weighted by Crippen LogP contribution is -2.28. The highest BCUT2D eigenvalue weighted by molar-refractivity contribution is 5.95. The maximum absolute atomic E-state index is 2.41. The van der Waals surface area contributed by atoms with Crippen molar-refractivity contribution in [2.45, 2.75) is 106 Å². The Morgan fingerprint density at radius 3 is 0.840 bits per heavy atom. The molecule has 0 unspecified atom stereocenters. The summed E-state index contributed by atoms with van der Waals surface area (Å²) in [7, 11) is 0. The number of rotatable bonds is 3. The summed E-state index contributed by atoms with van der Waals surface area (Å²) >= 11 is 0. The first kappa shape index (κ1) is 65.0. The zero-order chi connectivity index (χ0) is 69.2. The summed E-state index contributed by atoms with van der Waals surface area (Å²) < 4.78 is 0. The van der Waals surface area contributed by atoms with E-state index < -0.39 is 0 Å². The van der Waals surface area contributed by atoms with Crippen molar-refractivity contribution in [2.75, 3.05) is 0 Å². The summed E-state index contributed by atoms with van der Waals surface area (Å²) in [6.07, 6.45) is 1.11. The van der Waals surface area contributed by atoms with Crippen LogP contribution in [0.2, 0.25) is 0 Å². The largest absolute Gasteiger partial charge is 0.0725 e. The third-order valence-electron chi connectivity index (χ3n) is 21.9. The predicted octanol–water partition coefficient (Wildman–Crippen LogP) is 25.8. The van der Waals surface area contributed by atoms with E-state index in [0.717, 1.165) is 6.42 Å². The molecular weight excluding hydrogens is 1200 g/mol. The van der Waals surface area contributed by atoms with Crippen molar-refractivity contribution in [3.05, 3.63) is 426 Å². The van der Waals surface area contributed by atoms with Crippen LogP contribution in [0.25, 0.3) is 66.8 Å². The van der Waals surface area contributed by atoms with E-state index in [4.69, 9.17) is 0 Å². The van der Waals surface area contributed by atoms with E-state index in [1.807, 2.05) is 0 Å². The van der Waals surface area contributed by atoms with Gasteiger partial charge in [0.05, 0.1) is 10.8 Å². The van der Waals surface area contributed by atoms with E-state index in [9.17, 15) is 0 Å². The van der Waals surface area contributed by atoms with Crippen LogP contribution in [0.5, 0.6) is 0 Å². The summed E-state index contributed by atoms with van der Waals surface area (Å²) in [4.78, 5) is 0. The minimum atomic E-state index is -0.273. The monoisotopic (exact) mass is 1290 g/mol. The normalized spacial score (nSPS) is 13.6. The number of hydrogen-bond acceptors (Lipinski definition) is 0. The van der Waals surface area contributed by atoms with Crippen LogP contribution >= 0.6 is 0 Å². The molecule has 0 fully saturated rings. The van der Waals surface area contributed by atoms with Crippen LogP contribution < -0.4 is 0 Å². The molecule has 0 amide bonds. The van der Waals surface area contributed by atoms with Crippen LogP contribution in [0.3, 0.4) is 0 Å². The molecule has 0 nitrogen and oxygen atoms in total. The molecule has 0 saturated carbocycles. The molecule has 0 N–H and O–H groups in total. The molecule has 14 aromatic carbocycles. The van der Waals surface area contributed by atoms with Gasteiger partial charge in [-0.05, 0) is 215 Å². The average molecular weight is 1290 g/mol. The summed E-state index contributed by atoms with van der Waals surface area (Å²) in [5.74, 6) is 0. The van der Waals surface area contributed by atoms with Gasteiger partial charge in [0.2, 0.25) is 0 Å². The molecule has 0 atom stereocenters. The molecule has 1 spiro atoms. The van der Waals surface area contributed by atoms with Crippen LogP contribution in [0.1, 0.15) is 136 Å². The van der Waals surface area contributed by atoms with E-state index in [0.29, 0.717) is 0 Å². The van der Waals surface area contributed by atoms with Crippen molar-refractivity contribution >= 4 is 0 Å². The van der Waals surface area contributed by atoms with E-state index in [1.54, 1.807) is 0 Å². The highest BCUT2D eigenvalue weighted by Gasteiger charge is 2.52. The topological polar surface area (TPSA) is 0 Å². The zero-order valence-electron chi connectivity index (χ0n) is 60.1. The summed E-state index contributed by atoms with van der Waals surface area (Å²) in [6, 6.07) is 112. The van der Waals surface area contributed by atoms with Crippen LogP contribution in [0, 0.1) is 69.2 Å². The van der Waals surface area contributed by atoms with Gasteiger partial charge in [0, 0.05) is 5.41 Å². The Balaban J connectivity index is 0.000000104. The third-order valence-corrected chi connectivity index (χ3v) is 21.9. The van der Waals surface area contributed by atoms with Crippen molar-refractivity contribution in [3.63, 3.8) is 0 Å². The molecule has 0 radical (unpaired) electrons. The fourth-order valence-electron chi connectivity index (χ4n) is 17.1. The fourth-order valence-corrected chi connectivity index (χ4v) is 17.1. The van der Waals surface area contributed by atoms with E-state index in [-0.39, 0.29) is 16.2 Å². The maximum Gasteiger partial charge on any atom is 0.0725 e. The van der Waals surface area contributed by atoms with Gasteiger partial charge in [-0.3, -0.25) is 0 Å².